The van der Waals surface area contributed by atoms with Crippen LogP contribution in [0.4, 0.5) is 34.5 Å². The largest absolute Gasteiger partial charge is 0.494 e. The van der Waals surface area contributed by atoms with E-state index in [2.05, 4.69) is 60.5 Å². The standard InChI is InChI=1S/C32H41ClN8O2/c1-22(42)41-13-5-7-23-6-4-8-28(30(23)41)35-31-26(33)21-34-32(37-31)36-27-10-9-25(20-29(27)43-3)39-14-11-24(12-15-39)40-18-16-38(2)17-19-40/h4,6,8-10,20-21,24H,5,7,11-19H2,1-3H3,(H2,34,35,36,37). The molecule has 3 aliphatic heterocycles. The fourth-order valence-electron chi connectivity index (χ4n) is 6.49. The number of carbonyl (C=O) groups is 1. The van der Waals surface area contributed by atoms with Crippen molar-refractivity contribution in [2.24, 2.45) is 0 Å². The lowest BCUT2D eigenvalue weighted by atomic mass is 10.00. The van der Waals surface area contributed by atoms with Crippen LogP contribution in [0.25, 0.3) is 0 Å². The van der Waals surface area contributed by atoms with Crippen LogP contribution in [0, 0.1) is 0 Å². The molecular formula is C32H41ClN8O2. The topological polar surface area (TPSA) is 89.1 Å². The van der Waals surface area contributed by atoms with Crippen LogP contribution in [0.15, 0.2) is 42.6 Å². The molecule has 0 unspecified atom stereocenters. The Balaban J connectivity index is 1.15. The average Bonchev–Trinajstić information content (AvgIpc) is 3.03. The van der Waals surface area contributed by atoms with Gasteiger partial charge in [-0.1, -0.05) is 23.7 Å². The minimum Gasteiger partial charge on any atom is -0.494 e. The minimum absolute atomic E-state index is 0.0151. The number of para-hydroxylation sites is 1. The van der Waals surface area contributed by atoms with Gasteiger partial charge in [-0.25, -0.2) is 4.98 Å². The van der Waals surface area contributed by atoms with Crippen molar-refractivity contribution in [2.45, 2.75) is 38.6 Å². The van der Waals surface area contributed by atoms with Crippen molar-refractivity contribution in [3.63, 3.8) is 0 Å². The number of rotatable bonds is 7. The van der Waals surface area contributed by atoms with Gasteiger partial charge in [0.15, 0.2) is 5.82 Å². The van der Waals surface area contributed by atoms with Crippen molar-refractivity contribution in [3.8, 4) is 5.75 Å². The smallest absolute Gasteiger partial charge is 0.229 e. The average molecular weight is 605 g/mol. The van der Waals surface area contributed by atoms with Crippen molar-refractivity contribution in [3.05, 3.63) is 53.2 Å². The number of anilines is 6. The summed E-state index contributed by atoms with van der Waals surface area (Å²) in [4.78, 5) is 30.8. The number of benzene rings is 2. The maximum Gasteiger partial charge on any atom is 0.229 e. The van der Waals surface area contributed by atoms with E-state index in [9.17, 15) is 4.79 Å². The normalized spacial score (nSPS) is 18.3. The molecule has 3 aromatic rings. The maximum atomic E-state index is 12.4. The van der Waals surface area contributed by atoms with Crippen LogP contribution in [0.1, 0.15) is 31.7 Å². The summed E-state index contributed by atoms with van der Waals surface area (Å²) in [5.74, 6) is 1.59. The number of hydrogen-bond donors (Lipinski definition) is 2. The van der Waals surface area contributed by atoms with E-state index in [0.717, 1.165) is 73.1 Å². The van der Waals surface area contributed by atoms with E-state index in [1.165, 1.54) is 25.9 Å². The third-order valence-corrected chi connectivity index (χ3v) is 9.19. The quantitative estimate of drug-likeness (QED) is 0.380. The zero-order chi connectivity index (χ0) is 29.9. The molecule has 11 heteroatoms. The van der Waals surface area contributed by atoms with Gasteiger partial charge in [-0.2, -0.15) is 4.98 Å². The molecule has 1 aromatic heterocycles. The summed E-state index contributed by atoms with van der Waals surface area (Å²) >= 11 is 6.53. The number of methoxy groups -OCH3 is 1. The summed E-state index contributed by atoms with van der Waals surface area (Å²) in [6.45, 7) is 9.02. The van der Waals surface area contributed by atoms with Crippen LogP contribution in [0.5, 0.6) is 5.75 Å². The lowest BCUT2D eigenvalue weighted by Gasteiger charge is -2.42. The molecule has 6 rings (SSSR count). The second-order valence-electron chi connectivity index (χ2n) is 11.7. The molecule has 2 fully saturated rings. The van der Waals surface area contributed by atoms with E-state index in [-0.39, 0.29) is 5.91 Å². The molecule has 0 atom stereocenters. The molecule has 4 heterocycles. The van der Waals surface area contributed by atoms with Gasteiger partial charge in [0.05, 0.1) is 30.4 Å². The number of fused-ring (bicyclic) bond motifs is 1. The van der Waals surface area contributed by atoms with Crippen LogP contribution in [-0.2, 0) is 11.2 Å². The summed E-state index contributed by atoms with van der Waals surface area (Å²) < 4.78 is 5.78. The molecule has 0 spiro atoms. The molecule has 228 valence electrons. The minimum atomic E-state index is 0.0151. The molecule has 2 saturated heterocycles. The highest BCUT2D eigenvalue weighted by atomic mass is 35.5. The summed E-state index contributed by atoms with van der Waals surface area (Å²) in [5.41, 5.74) is 4.73. The third kappa shape index (κ3) is 6.51. The van der Waals surface area contributed by atoms with E-state index < -0.39 is 0 Å². The zero-order valence-corrected chi connectivity index (χ0v) is 26.0. The monoisotopic (exact) mass is 604 g/mol. The van der Waals surface area contributed by atoms with Gasteiger partial charge in [0, 0.05) is 70.5 Å². The Kier molecular flexibility index (Phi) is 8.88. The number of nitrogens with one attached hydrogen (secondary N) is 2. The van der Waals surface area contributed by atoms with Crippen LogP contribution in [0.3, 0.4) is 0 Å². The summed E-state index contributed by atoms with van der Waals surface area (Å²) in [6.07, 6.45) is 5.78. The van der Waals surface area contributed by atoms with Crippen molar-refractivity contribution < 1.29 is 9.53 Å². The van der Waals surface area contributed by atoms with Gasteiger partial charge in [0.2, 0.25) is 11.9 Å². The molecule has 0 saturated carbocycles. The number of likely N-dealkylation sites (N-methyl/N-ethyl adjacent to an activating group) is 1. The van der Waals surface area contributed by atoms with E-state index in [4.69, 9.17) is 16.3 Å². The number of nitrogens with zero attached hydrogens (tertiary/aromatic N) is 6. The lowest BCUT2D eigenvalue weighted by Crippen LogP contribution is -2.52. The second-order valence-corrected chi connectivity index (χ2v) is 12.1. The molecule has 10 nitrogen and oxygen atoms in total. The summed E-state index contributed by atoms with van der Waals surface area (Å²) in [5, 5.41) is 7.06. The number of aromatic nitrogens is 2. The predicted octanol–water partition coefficient (Wildman–Crippen LogP) is 5.14. The Hall–Kier alpha value is -3.60. The molecule has 0 radical (unpaired) electrons. The SMILES string of the molecule is COc1cc(N2CCC(N3CCN(C)CC3)CC2)ccc1Nc1ncc(Cl)c(Nc2cccc3c2N(C(C)=O)CCC3)n1. The number of carbonyl (C=O) groups excluding carboxylic acids is 1. The number of piperidine rings is 1. The number of piperazine rings is 1. The number of hydrogen-bond acceptors (Lipinski definition) is 9. The first kappa shape index (κ1) is 29.5. The molecule has 1 amide bonds. The Bertz CT molecular complexity index is 1450. The predicted molar refractivity (Wildman–Crippen MR) is 174 cm³/mol. The van der Waals surface area contributed by atoms with Gasteiger partial charge in [0.25, 0.3) is 0 Å². The molecule has 0 bridgehead atoms. The zero-order valence-electron chi connectivity index (χ0n) is 25.3. The lowest BCUT2D eigenvalue weighted by molar-refractivity contribution is -0.116. The number of amides is 1. The van der Waals surface area contributed by atoms with Crippen LogP contribution in [-0.4, -0.2) is 91.7 Å². The van der Waals surface area contributed by atoms with E-state index >= 15 is 0 Å². The Labute approximate surface area is 259 Å². The maximum absolute atomic E-state index is 12.4. The van der Waals surface area contributed by atoms with Gasteiger partial charge < -0.3 is 30.1 Å². The number of halogens is 1. The van der Waals surface area contributed by atoms with Crippen molar-refractivity contribution in [2.75, 3.05) is 80.4 Å². The van der Waals surface area contributed by atoms with E-state index in [1.807, 2.05) is 23.1 Å². The van der Waals surface area contributed by atoms with Crippen LogP contribution in [0.2, 0.25) is 5.02 Å². The highest BCUT2D eigenvalue weighted by Gasteiger charge is 2.27. The fourth-order valence-corrected chi connectivity index (χ4v) is 6.62. The number of ether oxygens (including phenoxy) is 1. The molecule has 43 heavy (non-hydrogen) atoms. The Morgan fingerprint density at radius 2 is 1.79 bits per heavy atom. The van der Waals surface area contributed by atoms with Gasteiger partial charge >= 0.3 is 0 Å². The Morgan fingerprint density at radius 3 is 2.53 bits per heavy atom. The van der Waals surface area contributed by atoms with Gasteiger partial charge in [0.1, 0.15) is 10.8 Å². The highest BCUT2D eigenvalue weighted by Crippen LogP contribution is 2.38. The fraction of sp³-hybridized carbons (Fsp3) is 0.469. The van der Waals surface area contributed by atoms with Crippen LogP contribution >= 0.6 is 11.6 Å². The van der Waals surface area contributed by atoms with Crippen molar-refractivity contribution in [1.82, 2.24) is 19.8 Å². The first-order chi connectivity index (χ1) is 20.9. The van der Waals surface area contributed by atoms with Crippen molar-refractivity contribution in [1.29, 1.82) is 0 Å². The van der Waals surface area contributed by atoms with Gasteiger partial charge in [-0.05, 0) is 56.5 Å². The highest BCUT2D eigenvalue weighted by molar-refractivity contribution is 6.33. The van der Waals surface area contributed by atoms with Gasteiger partial charge in [-0.3, -0.25) is 9.69 Å². The van der Waals surface area contributed by atoms with E-state index in [0.29, 0.717) is 29.4 Å². The van der Waals surface area contributed by atoms with Crippen molar-refractivity contribution >= 4 is 52.0 Å². The second kappa shape index (κ2) is 13.0. The van der Waals surface area contributed by atoms with E-state index in [1.54, 1.807) is 20.2 Å². The molecule has 2 N–H and O–H groups in total. The van der Waals surface area contributed by atoms with Crippen LogP contribution < -0.4 is 25.2 Å². The third-order valence-electron chi connectivity index (χ3n) is 8.91. The molecule has 3 aliphatic rings. The molecule has 2 aromatic carbocycles. The Morgan fingerprint density at radius 1 is 1.00 bits per heavy atom. The molecular weight excluding hydrogens is 564 g/mol. The number of aryl methyl sites for hydroxylation is 1. The first-order valence-electron chi connectivity index (χ1n) is 15.2. The summed E-state index contributed by atoms with van der Waals surface area (Å²) in [6, 6.07) is 12.9. The molecule has 0 aliphatic carbocycles. The summed E-state index contributed by atoms with van der Waals surface area (Å²) in [7, 11) is 3.89. The van der Waals surface area contributed by atoms with Gasteiger partial charge in [-0.15, -0.1) is 0 Å². The first-order valence-corrected chi connectivity index (χ1v) is 15.6.